The number of nitrogens with zero attached hydrogens (tertiary/aromatic N) is 2. The third kappa shape index (κ3) is 6.52. The lowest BCUT2D eigenvalue weighted by molar-refractivity contribution is -0.141. The molecule has 2 aromatic rings. The summed E-state index contributed by atoms with van der Waals surface area (Å²) in [6.07, 6.45) is -2.29. The molecule has 1 aliphatic carbocycles. The van der Waals surface area contributed by atoms with Gasteiger partial charge in [-0.15, -0.1) is 0 Å². The van der Waals surface area contributed by atoms with E-state index in [1.807, 2.05) is 0 Å². The summed E-state index contributed by atoms with van der Waals surface area (Å²) >= 11 is 0. The van der Waals surface area contributed by atoms with E-state index in [1.165, 1.54) is 22.6 Å². The number of alkyl halides is 5. The van der Waals surface area contributed by atoms with Crippen LogP contribution in [0.25, 0.3) is 11.7 Å². The predicted molar refractivity (Wildman–Crippen MR) is 114 cm³/mol. The highest BCUT2D eigenvalue weighted by Gasteiger charge is 2.40. The van der Waals surface area contributed by atoms with Gasteiger partial charge in [-0.2, -0.15) is 13.2 Å². The van der Waals surface area contributed by atoms with Crippen LogP contribution in [0.15, 0.2) is 18.2 Å². The Hall–Kier alpha value is -2.49. The smallest absolute Gasteiger partial charge is 0.389 e. The maximum atomic E-state index is 13.7. The van der Waals surface area contributed by atoms with Crippen LogP contribution in [0.1, 0.15) is 62.2 Å². The van der Waals surface area contributed by atoms with E-state index in [-0.39, 0.29) is 55.9 Å². The summed E-state index contributed by atoms with van der Waals surface area (Å²) in [5.74, 6) is -3.48. The molecule has 0 radical (unpaired) electrons. The summed E-state index contributed by atoms with van der Waals surface area (Å²) in [6.45, 7) is 4.77. The molecule has 0 spiro atoms. The number of hydrogen-bond acceptors (Lipinski definition) is 3. The Morgan fingerprint density at radius 3 is 2.48 bits per heavy atom. The molecule has 3 rings (SSSR count). The van der Waals surface area contributed by atoms with E-state index in [0.717, 1.165) is 0 Å². The van der Waals surface area contributed by atoms with Crippen molar-refractivity contribution in [2.24, 2.45) is 5.92 Å². The number of imidazole rings is 1. The Bertz CT molecular complexity index is 1040. The van der Waals surface area contributed by atoms with Crippen molar-refractivity contribution in [1.82, 2.24) is 14.7 Å². The Labute approximate surface area is 188 Å². The van der Waals surface area contributed by atoms with Gasteiger partial charge >= 0.3 is 6.18 Å². The topological polar surface area (TPSA) is 66.6 Å². The predicted octanol–water partition coefficient (Wildman–Crippen LogP) is 4.93. The molecule has 1 fully saturated rings. The summed E-state index contributed by atoms with van der Waals surface area (Å²) in [5.41, 5.74) is -1.05. The van der Waals surface area contributed by atoms with Crippen molar-refractivity contribution < 1.29 is 31.9 Å². The van der Waals surface area contributed by atoms with Crippen LogP contribution >= 0.6 is 0 Å². The van der Waals surface area contributed by atoms with Crippen LogP contribution in [0.4, 0.5) is 22.0 Å². The number of hydrogen-bond donors (Lipinski definition) is 2. The van der Waals surface area contributed by atoms with Crippen molar-refractivity contribution in [3.8, 4) is 0 Å². The summed E-state index contributed by atoms with van der Waals surface area (Å²) in [7, 11) is 0. The number of aryl methyl sites for hydroxylation is 1. The van der Waals surface area contributed by atoms with Crippen LogP contribution in [-0.4, -0.2) is 38.5 Å². The van der Waals surface area contributed by atoms with Gasteiger partial charge in [-0.05, 0) is 69.7 Å². The van der Waals surface area contributed by atoms with Crippen molar-refractivity contribution >= 4 is 17.6 Å². The lowest BCUT2D eigenvalue weighted by Crippen LogP contribution is -2.37. The number of rotatable bonds is 6. The van der Waals surface area contributed by atoms with Crippen molar-refractivity contribution in [2.45, 2.75) is 70.6 Å². The molecule has 5 nitrogen and oxygen atoms in total. The molecule has 0 aliphatic heterocycles. The van der Waals surface area contributed by atoms with Gasteiger partial charge in [0.1, 0.15) is 5.65 Å². The lowest BCUT2D eigenvalue weighted by Gasteiger charge is -2.28. The molecule has 0 unspecified atom stereocenters. The van der Waals surface area contributed by atoms with E-state index in [4.69, 9.17) is 0 Å². The number of pyridine rings is 1. The molecule has 10 heteroatoms. The minimum absolute atomic E-state index is 0.0153. The Balaban J connectivity index is 1.89. The molecule has 2 N–H and O–H groups in total. The molecule has 1 saturated carbocycles. The molecule has 0 atom stereocenters. The van der Waals surface area contributed by atoms with Gasteiger partial charge in [-0.3, -0.25) is 4.79 Å². The largest absolute Gasteiger partial charge is 0.435 e. The maximum absolute atomic E-state index is 13.7. The first-order valence-electron chi connectivity index (χ1n) is 10.8. The summed E-state index contributed by atoms with van der Waals surface area (Å²) in [6, 6.07) is 3.08. The van der Waals surface area contributed by atoms with Gasteiger partial charge in [0.25, 0.3) is 0 Å². The Kier molecular flexibility index (Phi) is 6.89. The standard InChI is InChI=1S/C23H28F5N3O2/c1-14-10-16(4-5-19(32)29-13-21(2,3)33)12-18-30-20(23(26,27)28)17(31(14)18)11-15-6-8-22(24,25)9-7-15/h4-5,10,12,15,33H,6-9,11,13H2,1-3H3,(H,29,32). The van der Waals surface area contributed by atoms with Crippen molar-refractivity contribution in [3.05, 3.63) is 40.9 Å². The third-order valence-corrected chi connectivity index (χ3v) is 5.73. The molecule has 2 aromatic heterocycles. The first-order chi connectivity index (χ1) is 15.1. The van der Waals surface area contributed by atoms with E-state index in [9.17, 15) is 31.9 Å². The maximum Gasteiger partial charge on any atom is 0.435 e. The summed E-state index contributed by atoms with van der Waals surface area (Å²) < 4.78 is 69.6. The number of fused-ring (bicyclic) bond motifs is 1. The fraction of sp³-hybridized carbons (Fsp3) is 0.565. The van der Waals surface area contributed by atoms with Gasteiger partial charge < -0.3 is 14.8 Å². The van der Waals surface area contributed by atoms with Gasteiger partial charge in [0.15, 0.2) is 5.69 Å². The lowest BCUT2D eigenvalue weighted by atomic mass is 9.83. The monoisotopic (exact) mass is 473 g/mol. The van der Waals surface area contributed by atoms with Gasteiger partial charge in [-0.1, -0.05) is 0 Å². The number of aromatic nitrogens is 2. The first-order valence-corrected chi connectivity index (χ1v) is 10.8. The van der Waals surface area contributed by atoms with Gasteiger partial charge in [0.05, 0.1) is 11.3 Å². The van der Waals surface area contributed by atoms with E-state index >= 15 is 0 Å². The number of halogens is 5. The normalized spacial score (nSPS) is 17.7. The van der Waals surface area contributed by atoms with Crippen molar-refractivity contribution in [3.63, 3.8) is 0 Å². The second kappa shape index (κ2) is 9.04. The van der Waals surface area contributed by atoms with E-state index < -0.39 is 29.3 Å². The van der Waals surface area contributed by atoms with Crippen LogP contribution in [0.2, 0.25) is 0 Å². The average molecular weight is 473 g/mol. The van der Waals surface area contributed by atoms with Crippen LogP contribution in [0.5, 0.6) is 0 Å². The average Bonchev–Trinajstić information content (AvgIpc) is 3.05. The molecular weight excluding hydrogens is 445 g/mol. The van der Waals surface area contributed by atoms with Crippen molar-refractivity contribution in [1.29, 1.82) is 0 Å². The number of nitrogens with one attached hydrogen (secondary N) is 1. The van der Waals surface area contributed by atoms with E-state index in [1.54, 1.807) is 26.8 Å². The molecule has 0 aromatic carbocycles. The fourth-order valence-electron chi connectivity index (χ4n) is 4.08. The first kappa shape index (κ1) is 25.1. The SMILES string of the molecule is Cc1cc(C=CC(=O)NCC(C)(C)O)cc2nc(C(F)(F)F)c(CC3CCC(F)(F)CC3)n12. The van der Waals surface area contributed by atoms with Crippen LogP contribution in [-0.2, 0) is 17.4 Å². The van der Waals surface area contributed by atoms with Crippen molar-refractivity contribution in [2.75, 3.05) is 6.54 Å². The number of carbonyl (C=O) groups excluding carboxylic acids is 1. The zero-order chi connectivity index (χ0) is 24.6. The zero-order valence-electron chi connectivity index (χ0n) is 18.8. The highest BCUT2D eigenvalue weighted by atomic mass is 19.4. The third-order valence-electron chi connectivity index (χ3n) is 5.73. The molecule has 2 heterocycles. The van der Waals surface area contributed by atoms with Crippen LogP contribution < -0.4 is 5.32 Å². The van der Waals surface area contributed by atoms with Gasteiger partial charge in [0.2, 0.25) is 11.8 Å². The Morgan fingerprint density at radius 1 is 1.27 bits per heavy atom. The molecule has 1 aliphatic rings. The highest BCUT2D eigenvalue weighted by molar-refractivity contribution is 5.91. The minimum atomic E-state index is -4.68. The van der Waals surface area contributed by atoms with Crippen LogP contribution in [0.3, 0.4) is 0 Å². The minimum Gasteiger partial charge on any atom is -0.389 e. The van der Waals surface area contributed by atoms with Gasteiger partial charge in [-0.25, -0.2) is 13.8 Å². The van der Waals surface area contributed by atoms with Crippen LogP contribution in [0, 0.1) is 12.8 Å². The molecular formula is C23H28F5N3O2. The molecule has 0 saturated heterocycles. The molecule has 1 amide bonds. The van der Waals surface area contributed by atoms with E-state index in [0.29, 0.717) is 11.3 Å². The quantitative estimate of drug-likeness (QED) is 0.462. The second-order valence-corrected chi connectivity index (χ2v) is 9.40. The molecule has 0 bridgehead atoms. The highest BCUT2D eigenvalue weighted by Crippen LogP contribution is 2.40. The number of carbonyl (C=O) groups is 1. The number of aliphatic hydroxyl groups is 1. The number of amides is 1. The zero-order valence-corrected chi connectivity index (χ0v) is 18.8. The molecule has 182 valence electrons. The molecule has 33 heavy (non-hydrogen) atoms. The van der Waals surface area contributed by atoms with Gasteiger partial charge in [0, 0.05) is 31.2 Å². The fourth-order valence-corrected chi connectivity index (χ4v) is 4.08. The second-order valence-electron chi connectivity index (χ2n) is 9.40. The van der Waals surface area contributed by atoms with E-state index in [2.05, 4.69) is 10.3 Å². The summed E-state index contributed by atoms with van der Waals surface area (Å²) in [5, 5.41) is 12.2. The Morgan fingerprint density at radius 2 is 1.91 bits per heavy atom. The summed E-state index contributed by atoms with van der Waals surface area (Å²) in [4.78, 5) is 15.8.